The molecule has 2 aromatic rings. The first-order valence-electron chi connectivity index (χ1n) is 10.5. The van der Waals surface area contributed by atoms with Crippen LogP contribution in [0.1, 0.15) is 19.7 Å². The monoisotopic (exact) mass is 526 g/mol. The van der Waals surface area contributed by atoms with Crippen LogP contribution >= 0.6 is 24.0 Å². The third-order valence-electron chi connectivity index (χ3n) is 5.07. The topological polar surface area (TPSA) is 57.9 Å². The van der Waals surface area contributed by atoms with Crippen LogP contribution in [0, 0.1) is 5.92 Å². The van der Waals surface area contributed by atoms with Crippen molar-refractivity contribution in [3.8, 4) is 5.75 Å². The van der Waals surface area contributed by atoms with Crippen molar-refractivity contribution in [3.05, 3.63) is 48.5 Å². The van der Waals surface area contributed by atoms with Gasteiger partial charge in [-0.25, -0.2) is 4.98 Å². The van der Waals surface area contributed by atoms with Crippen LogP contribution in [0.15, 0.2) is 47.7 Å². The van der Waals surface area contributed by atoms with E-state index in [1.807, 2.05) is 43.6 Å². The molecule has 166 valence electrons. The molecule has 0 radical (unpaired) electrons. The molecule has 1 aromatic carbocycles. The van der Waals surface area contributed by atoms with E-state index < -0.39 is 0 Å². The van der Waals surface area contributed by atoms with Gasteiger partial charge in [-0.2, -0.15) is 0 Å². The third-order valence-corrected chi connectivity index (χ3v) is 5.07. The fourth-order valence-corrected chi connectivity index (χ4v) is 3.55. The zero-order valence-electron chi connectivity index (χ0n) is 18.3. The first kappa shape index (κ1) is 24.5. The van der Waals surface area contributed by atoms with E-state index in [-0.39, 0.29) is 24.0 Å². The largest absolute Gasteiger partial charge is 0.492 e. The highest BCUT2D eigenvalue weighted by Crippen LogP contribution is 2.09. The molecular weight excluding hydrogens is 491 g/mol. The summed E-state index contributed by atoms with van der Waals surface area (Å²) in [6.45, 7) is 11.7. The van der Waals surface area contributed by atoms with Gasteiger partial charge in [0.2, 0.25) is 0 Å². The average molecular weight is 526 g/mol. The van der Waals surface area contributed by atoms with Crippen LogP contribution in [0.5, 0.6) is 5.75 Å². The lowest BCUT2D eigenvalue weighted by Crippen LogP contribution is -2.53. The molecule has 0 amide bonds. The van der Waals surface area contributed by atoms with Gasteiger partial charge in [0, 0.05) is 58.7 Å². The number of imidazole rings is 1. The molecule has 0 atom stereocenters. The third kappa shape index (κ3) is 7.46. The molecule has 1 saturated heterocycles. The van der Waals surface area contributed by atoms with Crippen molar-refractivity contribution >= 4 is 29.9 Å². The van der Waals surface area contributed by atoms with Gasteiger partial charge in [-0.1, -0.05) is 32.0 Å². The van der Waals surface area contributed by atoms with E-state index in [9.17, 15) is 0 Å². The summed E-state index contributed by atoms with van der Waals surface area (Å²) in [7, 11) is 1.85. The highest BCUT2D eigenvalue weighted by molar-refractivity contribution is 14.0. The summed E-state index contributed by atoms with van der Waals surface area (Å²) in [5, 5.41) is 3.48. The van der Waals surface area contributed by atoms with Gasteiger partial charge in [0.25, 0.3) is 0 Å². The Kier molecular flexibility index (Phi) is 10.4. The number of nitrogens with zero attached hydrogens (tertiary/aromatic N) is 5. The van der Waals surface area contributed by atoms with E-state index in [2.05, 4.69) is 49.7 Å². The van der Waals surface area contributed by atoms with Crippen molar-refractivity contribution in [3.63, 3.8) is 0 Å². The van der Waals surface area contributed by atoms with Crippen LogP contribution in [-0.4, -0.2) is 71.7 Å². The number of nitrogens with one attached hydrogen (secondary N) is 1. The number of hydrogen-bond donors (Lipinski definition) is 1. The Morgan fingerprint density at radius 3 is 2.57 bits per heavy atom. The summed E-state index contributed by atoms with van der Waals surface area (Å²) in [4.78, 5) is 13.7. The van der Waals surface area contributed by atoms with E-state index in [1.54, 1.807) is 0 Å². The van der Waals surface area contributed by atoms with Crippen LogP contribution in [0.2, 0.25) is 0 Å². The first-order chi connectivity index (χ1) is 14.2. The predicted molar refractivity (Wildman–Crippen MR) is 133 cm³/mol. The van der Waals surface area contributed by atoms with Gasteiger partial charge in [0.15, 0.2) is 5.96 Å². The standard InChI is InChI=1S/C22H34N6O.HI/c1-19(2)18-28-10-9-24-21(28)17-25-22(23-3)27-13-11-26(12-14-27)15-16-29-20-7-5-4-6-8-20;/h4-10,19H,11-18H2,1-3H3,(H,23,25);1H. The Bertz CT molecular complexity index is 756. The average Bonchev–Trinajstić information content (AvgIpc) is 3.16. The zero-order valence-corrected chi connectivity index (χ0v) is 20.7. The van der Waals surface area contributed by atoms with E-state index >= 15 is 0 Å². The molecule has 3 rings (SSSR count). The molecule has 8 heteroatoms. The fourth-order valence-electron chi connectivity index (χ4n) is 3.55. The van der Waals surface area contributed by atoms with Crippen LogP contribution in [0.25, 0.3) is 0 Å². The van der Waals surface area contributed by atoms with Crippen LogP contribution in [0.4, 0.5) is 0 Å². The Hall–Kier alpha value is -1.81. The van der Waals surface area contributed by atoms with Crippen molar-refractivity contribution in [2.45, 2.75) is 26.9 Å². The van der Waals surface area contributed by atoms with Crippen molar-refractivity contribution in [1.82, 2.24) is 24.7 Å². The molecule has 1 aliphatic rings. The Morgan fingerprint density at radius 2 is 1.90 bits per heavy atom. The maximum atomic E-state index is 5.82. The summed E-state index contributed by atoms with van der Waals surface area (Å²) < 4.78 is 8.04. The number of aliphatic imine (C=N–C) groups is 1. The number of aromatic nitrogens is 2. The summed E-state index contributed by atoms with van der Waals surface area (Å²) in [5.74, 6) is 3.54. The summed E-state index contributed by atoms with van der Waals surface area (Å²) in [6, 6.07) is 10.0. The molecule has 0 saturated carbocycles. The number of guanidine groups is 1. The predicted octanol–water partition coefficient (Wildman–Crippen LogP) is 2.93. The smallest absolute Gasteiger partial charge is 0.194 e. The minimum atomic E-state index is 0. The van der Waals surface area contributed by atoms with Crippen molar-refractivity contribution in [2.75, 3.05) is 46.4 Å². The van der Waals surface area contributed by atoms with E-state index in [0.717, 1.165) is 63.4 Å². The van der Waals surface area contributed by atoms with Gasteiger partial charge in [0.1, 0.15) is 18.2 Å². The quantitative estimate of drug-likeness (QED) is 0.326. The Labute approximate surface area is 197 Å². The highest BCUT2D eigenvalue weighted by atomic mass is 127. The SMILES string of the molecule is CN=C(NCc1nccn1CC(C)C)N1CCN(CCOc2ccccc2)CC1.I. The number of piperazine rings is 1. The van der Waals surface area contributed by atoms with Crippen molar-refractivity contribution in [1.29, 1.82) is 0 Å². The van der Waals surface area contributed by atoms with E-state index in [0.29, 0.717) is 12.5 Å². The van der Waals surface area contributed by atoms with Gasteiger partial charge < -0.3 is 19.5 Å². The number of ether oxygens (including phenoxy) is 1. The number of rotatable bonds is 8. The maximum absolute atomic E-state index is 5.82. The number of halogens is 1. The second-order valence-corrected chi connectivity index (χ2v) is 7.78. The molecule has 0 unspecified atom stereocenters. The molecular formula is C22H35IN6O. The molecule has 1 aliphatic heterocycles. The second-order valence-electron chi connectivity index (χ2n) is 7.78. The van der Waals surface area contributed by atoms with Gasteiger partial charge in [0.05, 0.1) is 6.54 Å². The van der Waals surface area contributed by atoms with Gasteiger partial charge in [-0.05, 0) is 18.1 Å². The molecule has 0 bridgehead atoms. The zero-order chi connectivity index (χ0) is 20.5. The molecule has 1 fully saturated rings. The van der Waals surface area contributed by atoms with Crippen LogP contribution in [-0.2, 0) is 13.1 Å². The summed E-state index contributed by atoms with van der Waals surface area (Å²) >= 11 is 0. The maximum Gasteiger partial charge on any atom is 0.194 e. The summed E-state index contributed by atoms with van der Waals surface area (Å²) in [6.07, 6.45) is 3.93. The minimum absolute atomic E-state index is 0. The van der Waals surface area contributed by atoms with Gasteiger partial charge >= 0.3 is 0 Å². The molecule has 1 aromatic heterocycles. The number of hydrogen-bond acceptors (Lipinski definition) is 4. The molecule has 0 aliphatic carbocycles. The van der Waals surface area contributed by atoms with E-state index in [1.165, 1.54) is 0 Å². The Balaban J connectivity index is 0.00000320. The molecule has 0 spiro atoms. The fraction of sp³-hybridized carbons (Fsp3) is 0.545. The highest BCUT2D eigenvalue weighted by Gasteiger charge is 2.19. The molecule has 30 heavy (non-hydrogen) atoms. The number of para-hydroxylation sites is 1. The molecule has 1 N–H and O–H groups in total. The van der Waals surface area contributed by atoms with Crippen molar-refractivity contribution < 1.29 is 4.74 Å². The van der Waals surface area contributed by atoms with Gasteiger partial charge in [-0.3, -0.25) is 9.89 Å². The van der Waals surface area contributed by atoms with E-state index in [4.69, 9.17) is 4.74 Å². The van der Waals surface area contributed by atoms with Crippen LogP contribution in [0.3, 0.4) is 0 Å². The van der Waals surface area contributed by atoms with Crippen LogP contribution < -0.4 is 10.1 Å². The lowest BCUT2D eigenvalue weighted by molar-refractivity contribution is 0.152. The second kappa shape index (κ2) is 12.8. The lowest BCUT2D eigenvalue weighted by Gasteiger charge is -2.36. The lowest BCUT2D eigenvalue weighted by atomic mass is 10.2. The normalized spacial score (nSPS) is 15.2. The first-order valence-corrected chi connectivity index (χ1v) is 10.5. The molecule has 7 nitrogen and oxygen atoms in total. The number of benzene rings is 1. The minimum Gasteiger partial charge on any atom is -0.492 e. The van der Waals surface area contributed by atoms with Gasteiger partial charge in [-0.15, -0.1) is 24.0 Å². The summed E-state index contributed by atoms with van der Waals surface area (Å²) in [5.41, 5.74) is 0. The van der Waals surface area contributed by atoms with Crippen molar-refractivity contribution in [2.24, 2.45) is 10.9 Å². The Morgan fingerprint density at radius 1 is 1.17 bits per heavy atom. The molecule has 2 heterocycles.